The van der Waals surface area contributed by atoms with E-state index in [0.29, 0.717) is 49.4 Å². The highest BCUT2D eigenvalue weighted by molar-refractivity contribution is 6.02. The van der Waals surface area contributed by atoms with Crippen molar-refractivity contribution in [2.45, 2.75) is 51.3 Å². The first-order valence-corrected chi connectivity index (χ1v) is 12.5. The maximum atomic E-state index is 14.4. The molecule has 0 aliphatic carbocycles. The number of fused-ring (bicyclic) bond motifs is 2. The monoisotopic (exact) mass is 489 g/mol. The van der Waals surface area contributed by atoms with Crippen LogP contribution in [0.1, 0.15) is 38.7 Å². The molecule has 3 heterocycles. The van der Waals surface area contributed by atoms with Gasteiger partial charge in [-0.15, -0.1) is 0 Å². The molecule has 1 N–H and O–H groups in total. The number of carbonyl (C=O) groups is 2. The Labute approximate surface area is 210 Å². The molecule has 8 heteroatoms. The molecule has 188 valence electrons. The molecule has 0 bridgehead atoms. The molecule has 2 amide bonds. The average Bonchev–Trinajstić information content (AvgIpc) is 2.99. The molecular weight excluding hydrogens is 458 g/mol. The first kappa shape index (κ1) is 24.1. The predicted molar refractivity (Wildman–Crippen MR) is 135 cm³/mol. The number of ether oxygens (including phenoxy) is 2. The minimum absolute atomic E-state index is 0.172. The fourth-order valence-corrected chi connectivity index (χ4v) is 5.05. The lowest BCUT2D eigenvalue weighted by Gasteiger charge is -2.41. The molecule has 1 spiro atoms. The van der Waals surface area contributed by atoms with Crippen molar-refractivity contribution >= 4 is 28.4 Å². The SMILES string of the molecule is CC[C@@H](C)C(=O)N[C@@H]1C(=O)N(Cc2cc[n+]([O-])c3ccccc23)c2ccccc2OC12CCOCC2. The van der Waals surface area contributed by atoms with Gasteiger partial charge in [0.2, 0.25) is 11.4 Å². The number of anilines is 1. The van der Waals surface area contributed by atoms with Gasteiger partial charge in [0, 0.05) is 30.9 Å². The molecule has 0 radical (unpaired) electrons. The van der Waals surface area contributed by atoms with Gasteiger partial charge in [0.1, 0.15) is 17.4 Å². The van der Waals surface area contributed by atoms with Crippen molar-refractivity contribution in [1.82, 2.24) is 5.32 Å². The zero-order valence-corrected chi connectivity index (χ0v) is 20.6. The molecule has 3 aromatic rings. The second-order valence-corrected chi connectivity index (χ2v) is 9.61. The summed E-state index contributed by atoms with van der Waals surface area (Å²) in [5.41, 5.74) is 1.08. The van der Waals surface area contributed by atoms with Crippen LogP contribution >= 0.6 is 0 Å². The number of benzene rings is 2. The van der Waals surface area contributed by atoms with E-state index < -0.39 is 11.6 Å². The first-order chi connectivity index (χ1) is 17.4. The number of rotatable bonds is 5. The van der Waals surface area contributed by atoms with E-state index in [2.05, 4.69) is 5.32 Å². The van der Waals surface area contributed by atoms with Crippen molar-refractivity contribution in [3.63, 3.8) is 0 Å². The maximum absolute atomic E-state index is 14.4. The molecule has 2 aliphatic rings. The Morgan fingerprint density at radius 3 is 2.67 bits per heavy atom. The van der Waals surface area contributed by atoms with Crippen LogP contribution in [0.15, 0.2) is 60.8 Å². The molecule has 0 unspecified atom stereocenters. The number of pyridine rings is 1. The van der Waals surface area contributed by atoms with E-state index in [9.17, 15) is 14.8 Å². The van der Waals surface area contributed by atoms with Crippen molar-refractivity contribution < 1.29 is 23.8 Å². The standard InChI is InChI=1S/C28H31N3O5/c1-3-19(2)26(32)29-25-27(33)30(18-20-12-15-31(34)22-9-5-4-8-21(20)22)23-10-6-7-11-24(23)36-28(25)13-16-35-17-14-28/h4-12,15,19,25H,3,13-14,16-18H2,1-2H3,(H,29,32)/t19-,25-/m1/s1. The predicted octanol–water partition coefficient (Wildman–Crippen LogP) is 3.48. The van der Waals surface area contributed by atoms with Gasteiger partial charge in [-0.25, -0.2) is 0 Å². The minimum Gasteiger partial charge on any atom is -0.618 e. The highest BCUT2D eigenvalue weighted by Gasteiger charge is 2.51. The van der Waals surface area contributed by atoms with Gasteiger partial charge in [-0.3, -0.25) is 9.59 Å². The van der Waals surface area contributed by atoms with Gasteiger partial charge in [-0.2, -0.15) is 4.73 Å². The summed E-state index contributed by atoms with van der Waals surface area (Å²) < 4.78 is 13.1. The molecule has 36 heavy (non-hydrogen) atoms. The number of hydrogen-bond donors (Lipinski definition) is 1. The maximum Gasteiger partial charge on any atom is 0.254 e. The van der Waals surface area contributed by atoms with Crippen LogP contribution < -0.4 is 19.7 Å². The zero-order chi connectivity index (χ0) is 25.3. The summed E-state index contributed by atoms with van der Waals surface area (Å²) in [6.07, 6.45) is 3.09. The minimum atomic E-state index is -0.917. The van der Waals surface area contributed by atoms with Crippen molar-refractivity contribution in [1.29, 1.82) is 0 Å². The Balaban J connectivity index is 1.61. The van der Waals surface area contributed by atoms with E-state index in [-0.39, 0.29) is 24.3 Å². The van der Waals surface area contributed by atoms with E-state index in [1.165, 1.54) is 6.20 Å². The topological polar surface area (TPSA) is 94.8 Å². The van der Waals surface area contributed by atoms with E-state index in [4.69, 9.17) is 9.47 Å². The Bertz CT molecular complexity index is 1290. The molecule has 2 aromatic carbocycles. The summed E-state index contributed by atoms with van der Waals surface area (Å²) in [5.74, 6) is -0.0540. The second-order valence-electron chi connectivity index (χ2n) is 9.61. The first-order valence-electron chi connectivity index (χ1n) is 12.5. The summed E-state index contributed by atoms with van der Waals surface area (Å²) in [6.45, 7) is 4.92. The molecule has 1 aromatic heterocycles. The normalized spacial score (nSPS) is 19.9. The van der Waals surface area contributed by atoms with Gasteiger partial charge in [0.25, 0.3) is 5.91 Å². The summed E-state index contributed by atoms with van der Waals surface area (Å²) >= 11 is 0. The summed E-state index contributed by atoms with van der Waals surface area (Å²) in [4.78, 5) is 29.1. The van der Waals surface area contributed by atoms with Crippen LogP contribution in [0.5, 0.6) is 5.75 Å². The number of carbonyl (C=O) groups excluding carboxylic acids is 2. The van der Waals surface area contributed by atoms with E-state index in [1.807, 2.05) is 56.3 Å². The summed E-state index contributed by atoms with van der Waals surface area (Å²) in [5, 5.41) is 16.2. The lowest BCUT2D eigenvalue weighted by molar-refractivity contribution is -0.577. The van der Waals surface area contributed by atoms with Crippen molar-refractivity contribution in [3.8, 4) is 5.75 Å². The van der Waals surface area contributed by atoms with Gasteiger partial charge >= 0.3 is 0 Å². The van der Waals surface area contributed by atoms with Gasteiger partial charge in [0.05, 0.1) is 30.8 Å². The number of aromatic nitrogens is 1. The summed E-state index contributed by atoms with van der Waals surface area (Å²) in [7, 11) is 0. The van der Waals surface area contributed by atoms with Crippen LogP contribution in [0, 0.1) is 11.1 Å². The fraction of sp³-hybridized carbons (Fsp3) is 0.393. The van der Waals surface area contributed by atoms with E-state index in [1.54, 1.807) is 17.0 Å². The van der Waals surface area contributed by atoms with Gasteiger partial charge < -0.3 is 24.9 Å². The Morgan fingerprint density at radius 2 is 1.89 bits per heavy atom. The molecule has 1 saturated heterocycles. The average molecular weight is 490 g/mol. The number of nitrogens with one attached hydrogen (secondary N) is 1. The van der Waals surface area contributed by atoms with Crippen LogP contribution in [0.2, 0.25) is 0 Å². The lowest BCUT2D eigenvalue weighted by atomic mass is 9.84. The van der Waals surface area contributed by atoms with Crippen LogP contribution in [-0.4, -0.2) is 36.7 Å². The van der Waals surface area contributed by atoms with Crippen molar-refractivity contribution in [3.05, 3.63) is 71.6 Å². The zero-order valence-electron chi connectivity index (χ0n) is 20.6. The third-order valence-electron chi connectivity index (χ3n) is 7.42. The Morgan fingerprint density at radius 1 is 1.17 bits per heavy atom. The number of hydrogen-bond acceptors (Lipinski definition) is 5. The van der Waals surface area contributed by atoms with Gasteiger partial charge in [-0.1, -0.05) is 38.1 Å². The molecule has 8 nitrogen and oxygen atoms in total. The van der Waals surface area contributed by atoms with Crippen LogP contribution in [-0.2, 0) is 20.9 Å². The molecule has 5 rings (SSSR count). The smallest absolute Gasteiger partial charge is 0.254 e. The van der Waals surface area contributed by atoms with Gasteiger partial charge in [-0.05, 0) is 30.2 Å². The number of para-hydroxylation sites is 3. The van der Waals surface area contributed by atoms with Crippen LogP contribution in [0.25, 0.3) is 10.9 Å². The third kappa shape index (κ3) is 4.26. The number of nitrogens with zero attached hydrogens (tertiary/aromatic N) is 2. The van der Waals surface area contributed by atoms with E-state index in [0.717, 1.165) is 15.7 Å². The largest absolute Gasteiger partial charge is 0.618 e. The van der Waals surface area contributed by atoms with Crippen LogP contribution in [0.4, 0.5) is 5.69 Å². The molecule has 2 atom stereocenters. The quantitative estimate of drug-likeness (QED) is 0.437. The Hall–Kier alpha value is -3.65. The highest BCUT2D eigenvalue weighted by atomic mass is 16.5. The Kier molecular flexibility index (Phi) is 6.53. The summed E-state index contributed by atoms with van der Waals surface area (Å²) in [6, 6.07) is 15.7. The number of amides is 2. The third-order valence-corrected chi connectivity index (χ3v) is 7.42. The second kappa shape index (κ2) is 9.78. The highest BCUT2D eigenvalue weighted by Crippen LogP contribution is 2.41. The molecular formula is C28H31N3O5. The van der Waals surface area contributed by atoms with Crippen LogP contribution in [0.3, 0.4) is 0 Å². The molecule has 2 aliphatic heterocycles. The van der Waals surface area contributed by atoms with Crippen molar-refractivity contribution in [2.75, 3.05) is 18.1 Å². The fourth-order valence-electron chi connectivity index (χ4n) is 5.05. The van der Waals surface area contributed by atoms with Gasteiger partial charge in [0.15, 0.2) is 6.20 Å². The van der Waals surface area contributed by atoms with Crippen molar-refractivity contribution in [2.24, 2.45) is 5.92 Å². The molecule has 1 fully saturated rings. The van der Waals surface area contributed by atoms with E-state index >= 15 is 0 Å². The lowest BCUT2D eigenvalue weighted by Crippen LogP contribution is -2.64. The molecule has 0 saturated carbocycles.